The van der Waals surface area contributed by atoms with Crippen LogP contribution in [0, 0.1) is 0 Å². The maximum Gasteiger partial charge on any atom is 0.420 e. The van der Waals surface area contributed by atoms with Gasteiger partial charge < -0.3 is 9.73 Å². The average Bonchev–Trinajstić information content (AvgIpc) is 2.98. The standard InChI is InChI=1S/C19H21N3O5S/c1-3-12-28(25,26)21-15-10-8-14(9-11-15)20-18(23)13(2)22-16-6-4-5-7-17(16)27-19(22)24/h4-11,13,21H,3,12H2,1-2H3,(H,20,23). The molecule has 0 fully saturated rings. The first-order chi connectivity index (χ1) is 13.3. The minimum atomic E-state index is -3.38. The number of hydrogen-bond acceptors (Lipinski definition) is 5. The lowest BCUT2D eigenvalue weighted by Crippen LogP contribution is -2.29. The minimum absolute atomic E-state index is 0.0381. The molecule has 1 aromatic heterocycles. The predicted octanol–water partition coefficient (Wildman–Crippen LogP) is 2.95. The number of anilines is 2. The van der Waals surface area contributed by atoms with Gasteiger partial charge >= 0.3 is 5.76 Å². The molecule has 0 aliphatic carbocycles. The lowest BCUT2D eigenvalue weighted by molar-refractivity contribution is -0.118. The van der Waals surface area contributed by atoms with E-state index in [1.165, 1.54) is 4.57 Å². The van der Waals surface area contributed by atoms with E-state index in [4.69, 9.17) is 4.42 Å². The number of nitrogens with one attached hydrogen (secondary N) is 2. The molecule has 3 rings (SSSR count). The number of fused-ring (bicyclic) bond motifs is 1. The van der Waals surface area contributed by atoms with Gasteiger partial charge in [-0.25, -0.2) is 13.2 Å². The van der Waals surface area contributed by atoms with Crippen LogP contribution in [0.1, 0.15) is 26.3 Å². The average molecular weight is 403 g/mol. The van der Waals surface area contributed by atoms with E-state index in [9.17, 15) is 18.0 Å². The molecule has 0 saturated heterocycles. The topological polar surface area (TPSA) is 110 Å². The Morgan fingerprint density at radius 2 is 1.75 bits per heavy atom. The molecule has 2 N–H and O–H groups in total. The zero-order valence-electron chi connectivity index (χ0n) is 15.5. The quantitative estimate of drug-likeness (QED) is 0.630. The van der Waals surface area contributed by atoms with Crippen LogP contribution in [0.15, 0.2) is 57.7 Å². The van der Waals surface area contributed by atoms with Gasteiger partial charge in [-0.3, -0.25) is 14.1 Å². The van der Waals surface area contributed by atoms with E-state index >= 15 is 0 Å². The third-order valence-corrected chi connectivity index (χ3v) is 5.68. The van der Waals surface area contributed by atoms with E-state index in [1.54, 1.807) is 62.4 Å². The number of oxazole rings is 1. The SMILES string of the molecule is CCCS(=O)(=O)Nc1ccc(NC(=O)C(C)n2c(=O)oc3ccccc32)cc1. The van der Waals surface area contributed by atoms with Gasteiger partial charge in [0.15, 0.2) is 5.58 Å². The molecule has 0 aliphatic heterocycles. The molecular formula is C19H21N3O5S. The van der Waals surface area contributed by atoms with Crippen molar-refractivity contribution in [2.24, 2.45) is 0 Å². The predicted molar refractivity (Wildman–Crippen MR) is 108 cm³/mol. The van der Waals surface area contributed by atoms with Crippen molar-refractivity contribution < 1.29 is 17.6 Å². The number of hydrogen-bond donors (Lipinski definition) is 2. The molecule has 8 nitrogen and oxygen atoms in total. The summed E-state index contributed by atoms with van der Waals surface area (Å²) in [6, 6.07) is 12.4. The second-order valence-corrected chi connectivity index (χ2v) is 8.21. The summed E-state index contributed by atoms with van der Waals surface area (Å²) >= 11 is 0. The normalized spacial score (nSPS) is 12.6. The van der Waals surface area contributed by atoms with E-state index in [0.29, 0.717) is 28.9 Å². The third-order valence-electron chi connectivity index (χ3n) is 4.18. The number of rotatable bonds is 7. The van der Waals surface area contributed by atoms with Crippen LogP contribution in [0.25, 0.3) is 11.1 Å². The van der Waals surface area contributed by atoms with Gasteiger partial charge in [-0.1, -0.05) is 19.1 Å². The zero-order valence-corrected chi connectivity index (χ0v) is 16.3. The molecule has 1 amide bonds. The van der Waals surface area contributed by atoms with Gasteiger partial charge in [0.1, 0.15) is 6.04 Å². The molecule has 0 saturated carbocycles. The van der Waals surface area contributed by atoms with Crippen LogP contribution in [0.5, 0.6) is 0 Å². The number of carbonyl (C=O) groups excluding carboxylic acids is 1. The Hall–Kier alpha value is -3.07. The van der Waals surface area contributed by atoms with Crippen molar-refractivity contribution in [1.82, 2.24) is 4.57 Å². The van der Waals surface area contributed by atoms with Crippen LogP contribution in [0.2, 0.25) is 0 Å². The van der Waals surface area contributed by atoms with Crippen LogP contribution in [0.4, 0.5) is 11.4 Å². The summed E-state index contributed by atoms with van der Waals surface area (Å²) in [5.41, 5.74) is 1.85. The minimum Gasteiger partial charge on any atom is -0.408 e. The van der Waals surface area contributed by atoms with E-state index in [2.05, 4.69) is 10.0 Å². The largest absolute Gasteiger partial charge is 0.420 e. The number of amides is 1. The van der Waals surface area contributed by atoms with E-state index in [-0.39, 0.29) is 5.75 Å². The van der Waals surface area contributed by atoms with Crippen LogP contribution >= 0.6 is 0 Å². The van der Waals surface area contributed by atoms with Crippen molar-refractivity contribution in [3.8, 4) is 0 Å². The monoisotopic (exact) mass is 403 g/mol. The Morgan fingerprint density at radius 3 is 2.43 bits per heavy atom. The Labute approximate surface area is 162 Å². The molecule has 1 unspecified atom stereocenters. The summed E-state index contributed by atoms with van der Waals surface area (Å²) < 4.78 is 32.5. The fourth-order valence-electron chi connectivity index (χ4n) is 2.84. The third kappa shape index (κ3) is 4.25. The molecule has 2 aromatic carbocycles. The number of sulfonamides is 1. The lowest BCUT2D eigenvalue weighted by Gasteiger charge is -2.14. The fraction of sp³-hybridized carbons (Fsp3) is 0.263. The zero-order chi connectivity index (χ0) is 20.3. The highest BCUT2D eigenvalue weighted by Crippen LogP contribution is 2.19. The Morgan fingerprint density at radius 1 is 1.11 bits per heavy atom. The van der Waals surface area contributed by atoms with E-state index in [1.807, 2.05) is 0 Å². The fourth-order valence-corrected chi connectivity index (χ4v) is 3.97. The molecule has 1 heterocycles. The van der Waals surface area contributed by atoms with Crippen LogP contribution in [0.3, 0.4) is 0 Å². The molecule has 0 radical (unpaired) electrons. The summed E-state index contributed by atoms with van der Waals surface area (Å²) in [6.07, 6.45) is 0.517. The lowest BCUT2D eigenvalue weighted by atomic mass is 10.2. The molecular weight excluding hydrogens is 382 g/mol. The van der Waals surface area contributed by atoms with Gasteiger partial charge in [-0.05, 0) is 49.7 Å². The molecule has 9 heteroatoms. The maximum atomic E-state index is 12.6. The van der Waals surface area contributed by atoms with Crippen LogP contribution < -0.4 is 15.8 Å². The van der Waals surface area contributed by atoms with Crippen molar-refractivity contribution in [3.63, 3.8) is 0 Å². The van der Waals surface area contributed by atoms with Gasteiger partial charge in [0.25, 0.3) is 0 Å². The van der Waals surface area contributed by atoms with Gasteiger partial charge in [0.05, 0.1) is 11.3 Å². The van der Waals surface area contributed by atoms with E-state index in [0.717, 1.165) is 0 Å². The second-order valence-electron chi connectivity index (χ2n) is 6.37. The Bertz CT molecular complexity index is 1150. The van der Waals surface area contributed by atoms with Gasteiger partial charge in [0.2, 0.25) is 15.9 Å². The van der Waals surface area contributed by atoms with E-state index < -0.39 is 27.7 Å². The maximum absolute atomic E-state index is 12.6. The smallest absolute Gasteiger partial charge is 0.408 e. The number of benzene rings is 2. The first kappa shape index (κ1) is 19.7. The highest BCUT2D eigenvalue weighted by atomic mass is 32.2. The molecule has 28 heavy (non-hydrogen) atoms. The van der Waals surface area contributed by atoms with Crippen molar-refractivity contribution in [2.45, 2.75) is 26.3 Å². The number of para-hydroxylation sites is 2. The summed E-state index contributed by atoms with van der Waals surface area (Å²) in [5, 5.41) is 2.72. The number of aromatic nitrogens is 1. The van der Waals surface area contributed by atoms with Crippen molar-refractivity contribution >= 4 is 38.4 Å². The van der Waals surface area contributed by atoms with Gasteiger partial charge in [-0.2, -0.15) is 0 Å². The molecule has 1 atom stereocenters. The van der Waals surface area contributed by atoms with Crippen LogP contribution in [-0.2, 0) is 14.8 Å². The molecule has 0 bridgehead atoms. The summed E-state index contributed by atoms with van der Waals surface area (Å²) in [5.74, 6) is -0.964. The second kappa shape index (κ2) is 7.89. The van der Waals surface area contributed by atoms with Crippen LogP contribution in [-0.4, -0.2) is 24.6 Å². The first-order valence-electron chi connectivity index (χ1n) is 8.82. The molecule has 148 valence electrons. The van der Waals surface area contributed by atoms with Crippen molar-refractivity contribution in [1.29, 1.82) is 0 Å². The number of carbonyl (C=O) groups is 1. The Kier molecular flexibility index (Phi) is 5.55. The van der Waals surface area contributed by atoms with Gasteiger partial charge in [0, 0.05) is 11.4 Å². The summed E-state index contributed by atoms with van der Waals surface area (Å²) in [4.78, 5) is 24.7. The molecule has 3 aromatic rings. The summed E-state index contributed by atoms with van der Waals surface area (Å²) in [6.45, 7) is 3.39. The number of nitrogens with zero attached hydrogens (tertiary/aromatic N) is 1. The van der Waals surface area contributed by atoms with Crippen molar-refractivity contribution in [3.05, 3.63) is 59.1 Å². The molecule has 0 spiro atoms. The molecule has 0 aliphatic rings. The van der Waals surface area contributed by atoms with Gasteiger partial charge in [-0.15, -0.1) is 0 Å². The Balaban J connectivity index is 1.74. The van der Waals surface area contributed by atoms with Crippen molar-refractivity contribution in [2.75, 3.05) is 15.8 Å². The summed E-state index contributed by atoms with van der Waals surface area (Å²) in [7, 11) is -3.38. The first-order valence-corrected chi connectivity index (χ1v) is 10.5. The highest BCUT2D eigenvalue weighted by molar-refractivity contribution is 7.92. The highest BCUT2D eigenvalue weighted by Gasteiger charge is 2.21.